The van der Waals surface area contributed by atoms with Crippen molar-refractivity contribution in [2.24, 2.45) is 0 Å². The van der Waals surface area contributed by atoms with Gasteiger partial charge in [0.15, 0.2) is 11.5 Å². The molecule has 4 nitrogen and oxygen atoms in total. The van der Waals surface area contributed by atoms with Gasteiger partial charge in [0.1, 0.15) is 13.2 Å². The normalized spacial score (nSPS) is 14.6. The highest BCUT2D eigenvalue weighted by molar-refractivity contribution is 6.32. The standard InChI is InChI=1S/C17H18ClNO3/c18-14-8-13(9-16-17(14)22-7-6-21-16)15(20)11-19-10-12-4-2-1-3-5-12/h1-5,8-9,15,19-20H,6-7,10-11H2. The van der Waals surface area contributed by atoms with E-state index in [9.17, 15) is 5.11 Å². The number of ether oxygens (including phenoxy) is 2. The number of halogens is 1. The zero-order valence-corrected chi connectivity index (χ0v) is 12.8. The Labute approximate surface area is 134 Å². The van der Waals surface area contributed by atoms with Gasteiger partial charge in [-0.25, -0.2) is 0 Å². The van der Waals surface area contributed by atoms with Gasteiger partial charge in [-0.05, 0) is 23.3 Å². The Morgan fingerprint density at radius 1 is 1.14 bits per heavy atom. The molecule has 0 saturated carbocycles. The number of hydrogen-bond acceptors (Lipinski definition) is 4. The van der Waals surface area contributed by atoms with Crippen molar-refractivity contribution in [2.45, 2.75) is 12.6 Å². The molecule has 116 valence electrons. The highest BCUT2D eigenvalue weighted by Gasteiger charge is 2.19. The molecule has 22 heavy (non-hydrogen) atoms. The number of fused-ring (bicyclic) bond motifs is 1. The third-order valence-corrected chi connectivity index (χ3v) is 3.79. The summed E-state index contributed by atoms with van der Waals surface area (Å²) in [5.41, 5.74) is 1.89. The van der Waals surface area contributed by atoms with Crippen LogP contribution in [0, 0.1) is 0 Å². The van der Waals surface area contributed by atoms with Gasteiger partial charge in [0.05, 0.1) is 11.1 Å². The van der Waals surface area contributed by atoms with Gasteiger partial charge < -0.3 is 19.9 Å². The number of benzene rings is 2. The summed E-state index contributed by atoms with van der Waals surface area (Å²) in [7, 11) is 0. The number of hydrogen-bond donors (Lipinski definition) is 2. The minimum atomic E-state index is -0.656. The first kappa shape index (κ1) is 15.2. The third-order valence-electron chi connectivity index (χ3n) is 3.51. The fourth-order valence-corrected chi connectivity index (χ4v) is 2.66. The van der Waals surface area contributed by atoms with Crippen molar-refractivity contribution in [1.29, 1.82) is 0 Å². The van der Waals surface area contributed by atoms with Crippen LogP contribution in [0.3, 0.4) is 0 Å². The number of nitrogens with one attached hydrogen (secondary N) is 1. The summed E-state index contributed by atoms with van der Waals surface area (Å²) in [6, 6.07) is 13.6. The smallest absolute Gasteiger partial charge is 0.179 e. The number of aliphatic hydroxyl groups is 1. The minimum Gasteiger partial charge on any atom is -0.486 e. The van der Waals surface area contributed by atoms with Gasteiger partial charge in [-0.15, -0.1) is 0 Å². The van der Waals surface area contributed by atoms with E-state index in [1.807, 2.05) is 30.3 Å². The lowest BCUT2D eigenvalue weighted by atomic mass is 10.1. The lowest BCUT2D eigenvalue weighted by Gasteiger charge is -2.21. The molecular formula is C17H18ClNO3. The first-order valence-corrected chi connectivity index (χ1v) is 7.63. The summed E-state index contributed by atoms with van der Waals surface area (Å²) in [4.78, 5) is 0. The minimum absolute atomic E-state index is 0.435. The summed E-state index contributed by atoms with van der Waals surface area (Å²) >= 11 is 6.18. The van der Waals surface area contributed by atoms with Crippen LogP contribution in [0.4, 0.5) is 0 Å². The number of aliphatic hydroxyl groups excluding tert-OH is 1. The van der Waals surface area contributed by atoms with E-state index in [4.69, 9.17) is 21.1 Å². The van der Waals surface area contributed by atoms with Crippen LogP contribution in [0.2, 0.25) is 5.02 Å². The molecule has 0 aliphatic carbocycles. The van der Waals surface area contributed by atoms with Crippen LogP contribution in [-0.2, 0) is 6.54 Å². The summed E-state index contributed by atoms with van der Waals surface area (Å²) < 4.78 is 11.0. The van der Waals surface area contributed by atoms with E-state index in [0.717, 1.165) is 5.56 Å². The van der Waals surface area contributed by atoms with E-state index < -0.39 is 6.10 Å². The Bertz CT molecular complexity index is 633. The Hall–Kier alpha value is -1.75. The van der Waals surface area contributed by atoms with Gasteiger partial charge >= 0.3 is 0 Å². The summed E-state index contributed by atoms with van der Waals surface area (Å²) in [5.74, 6) is 1.15. The summed E-state index contributed by atoms with van der Waals surface area (Å²) in [5, 5.41) is 14.0. The molecule has 1 aliphatic heterocycles. The van der Waals surface area contributed by atoms with Crippen LogP contribution in [-0.4, -0.2) is 24.9 Å². The lowest BCUT2D eigenvalue weighted by Crippen LogP contribution is -2.21. The Kier molecular flexibility index (Phi) is 4.83. The second kappa shape index (κ2) is 7.01. The molecule has 1 unspecified atom stereocenters. The Morgan fingerprint density at radius 2 is 1.91 bits per heavy atom. The van der Waals surface area contributed by atoms with Crippen molar-refractivity contribution in [3.05, 3.63) is 58.6 Å². The zero-order valence-electron chi connectivity index (χ0n) is 12.1. The molecule has 2 N–H and O–H groups in total. The fourth-order valence-electron chi connectivity index (χ4n) is 2.39. The van der Waals surface area contributed by atoms with Crippen LogP contribution in [0.15, 0.2) is 42.5 Å². The fraction of sp³-hybridized carbons (Fsp3) is 0.294. The zero-order chi connectivity index (χ0) is 15.4. The highest BCUT2D eigenvalue weighted by Crippen LogP contribution is 2.39. The van der Waals surface area contributed by atoms with Gasteiger partial charge in [-0.2, -0.15) is 0 Å². The van der Waals surface area contributed by atoms with Crippen LogP contribution in [0.5, 0.6) is 11.5 Å². The molecule has 0 aromatic heterocycles. The Balaban J connectivity index is 1.62. The predicted molar refractivity (Wildman–Crippen MR) is 85.6 cm³/mol. The van der Waals surface area contributed by atoms with Gasteiger partial charge in [-0.1, -0.05) is 41.9 Å². The van der Waals surface area contributed by atoms with E-state index in [1.165, 1.54) is 5.56 Å². The molecule has 1 heterocycles. The molecule has 2 aromatic rings. The van der Waals surface area contributed by atoms with E-state index in [2.05, 4.69) is 5.32 Å². The molecule has 0 amide bonds. The first-order chi connectivity index (χ1) is 10.7. The van der Waals surface area contributed by atoms with Crippen LogP contribution in [0.25, 0.3) is 0 Å². The monoisotopic (exact) mass is 319 g/mol. The average Bonchev–Trinajstić information content (AvgIpc) is 2.56. The van der Waals surface area contributed by atoms with E-state index >= 15 is 0 Å². The topological polar surface area (TPSA) is 50.7 Å². The van der Waals surface area contributed by atoms with Gasteiger partial charge in [0, 0.05) is 13.1 Å². The maximum Gasteiger partial charge on any atom is 0.179 e. The maximum absolute atomic E-state index is 10.3. The third kappa shape index (κ3) is 3.53. The van der Waals surface area contributed by atoms with E-state index in [0.29, 0.717) is 42.8 Å². The second-order valence-electron chi connectivity index (χ2n) is 5.16. The van der Waals surface area contributed by atoms with Crippen LogP contribution >= 0.6 is 11.6 Å². The lowest BCUT2D eigenvalue weighted by molar-refractivity contribution is 0.163. The molecule has 1 atom stereocenters. The highest BCUT2D eigenvalue weighted by atomic mass is 35.5. The van der Waals surface area contributed by atoms with Crippen molar-refractivity contribution in [3.8, 4) is 11.5 Å². The molecule has 2 aromatic carbocycles. The Morgan fingerprint density at radius 3 is 2.73 bits per heavy atom. The largest absolute Gasteiger partial charge is 0.486 e. The van der Waals surface area contributed by atoms with Gasteiger partial charge in [0.2, 0.25) is 0 Å². The van der Waals surface area contributed by atoms with Crippen molar-refractivity contribution >= 4 is 11.6 Å². The van der Waals surface area contributed by atoms with Crippen LogP contribution in [0.1, 0.15) is 17.2 Å². The molecular weight excluding hydrogens is 302 g/mol. The second-order valence-corrected chi connectivity index (χ2v) is 5.57. The van der Waals surface area contributed by atoms with E-state index in [-0.39, 0.29) is 0 Å². The average molecular weight is 320 g/mol. The van der Waals surface area contributed by atoms with Crippen molar-refractivity contribution in [3.63, 3.8) is 0 Å². The van der Waals surface area contributed by atoms with Gasteiger partial charge in [0.25, 0.3) is 0 Å². The van der Waals surface area contributed by atoms with Crippen LogP contribution < -0.4 is 14.8 Å². The van der Waals surface area contributed by atoms with Crippen molar-refractivity contribution in [1.82, 2.24) is 5.32 Å². The quantitative estimate of drug-likeness (QED) is 0.889. The molecule has 0 bridgehead atoms. The summed E-state index contributed by atoms with van der Waals surface area (Å²) in [6.07, 6.45) is -0.656. The summed E-state index contributed by atoms with van der Waals surface area (Å²) in [6.45, 7) is 2.13. The molecule has 0 saturated heterocycles. The van der Waals surface area contributed by atoms with E-state index in [1.54, 1.807) is 12.1 Å². The number of rotatable bonds is 5. The van der Waals surface area contributed by atoms with Gasteiger partial charge in [-0.3, -0.25) is 0 Å². The molecule has 1 aliphatic rings. The first-order valence-electron chi connectivity index (χ1n) is 7.26. The predicted octanol–water partition coefficient (Wildman–Crippen LogP) is 2.93. The molecule has 0 spiro atoms. The molecule has 3 rings (SSSR count). The molecule has 0 fully saturated rings. The van der Waals surface area contributed by atoms with Crippen molar-refractivity contribution < 1.29 is 14.6 Å². The SMILES string of the molecule is OC(CNCc1ccccc1)c1cc(Cl)c2c(c1)OCCO2. The van der Waals surface area contributed by atoms with Crippen molar-refractivity contribution in [2.75, 3.05) is 19.8 Å². The molecule has 0 radical (unpaired) electrons. The molecule has 5 heteroatoms. The maximum atomic E-state index is 10.3.